The molecule has 0 spiro atoms. The third kappa shape index (κ3) is 3.74. The molecule has 0 amide bonds. The van der Waals surface area contributed by atoms with Crippen LogP contribution < -0.4 is 4.90 Å². The van der Waals surface area contributed by atoms with Crippen LogP contribution in [-0.2, 0) is 4.74 Å². The van der Waals surface area contributed by atoms with E-state index in [9.17, 15) is 10.2 Å². The summed E-state index contributed by atoms with van der Waals surface area (Å²) in [5, 5.41) is 22.2. The minimum atomic E-state index is -1.11. The van der Waals surface area contributed by atoms with Crippen molar-refractivity contribution < 1.29 is 14.9 Å². The number of nitrogens with zero attached hydrogens (tertiary/aromatic N) is 5. The number of fused-ring (bicyclic) bond motifs is 1. The molecule has 0 bridgehead atoms. The maximum atomic E-state index is 10.9. The number of aliphatic hydroxyl groups excluding tert-OH is 1. The molecule has 32 heavy (non-hydrogen) atoms. The van der Waals surface area contributed by atoms with E-state index in [0.717, 1.165) is 54.2 Å². The number of phenolic OH excluding ortho intramolecular Hbond substituents is 1. The molecule has 2 aromatic carbocycles. The Kier molecular flexibility index (Phi) is 5.38. The highest BCUT2D eigenvalue weighted by Crippen LogP contribution is 2.35. The third-order valence-electron chi connectivity index (χ3n) is 5.77. The second-order valence-electron chi connectivity index (χ2n) is 7.73. The van der Waals surface area contributed by atoms with Gasteiger partial charge in [-0.3, -0.25) is 9.97 Å². The lowest BCUT2D eigenvalue weighted by molar-refractivity contribution is 0.122. The zero-order valence-electron chi connectivity index (χ0n) is 17.6. The van der Waals surface area contributed by atoms with Crippen molar-refractivity contribution in [2.45, 2.75) is 13.0 Å². The Balaban J connectivity index is 1.55. The number of aliphatic hydroxyl groups is 1. The molecule has 2 N–H and O–H groups in total. The molecule has 0 saturated carbocycles. The molecule has 3 heterocycles. The van der Waals surface area contributed by atoms with Gasteiger partial charge in [-0.1, -0.05) is 0 Å². The minimum Gasteiger partial charge on any atom is -0.508 e. The summed E-state index contributed by atoms with van der Waals surface area (Å²) in [5.41, 5.74) is 4.79. The Morgan fingerprint density at radius 2 is 1.78 bits per heavy atom. The highest BCUT2D eigenvalue weighted by molar-refractivity contribution is 5.94. The number of anilines is 1. The maximum Gasteiger partial charge on any atom is 0.126 e. The lowest BCUT2D eigenvalue weighted by atomic mass is 9.98. The van der Waals surface area contributed by atoms with E-state index in [4.69, 9.17) is 4.74 Å². The van der Waals surface area contributed by atoms with Crippen molar-refractivity contribution in [3.8, 4) is 17.0 Å². The minimum absolute atomic E-state index is 0.0146. The fourth-order valence-electron chi connectivity index (χ4n) is 4.05. The van der Waals surface area contributed by atoms with Gasteiger partial charge in [-0.25, -0.2) is 9.97 Å². The molecule has 1 fully saturated rings. The molecule has 1 atom stereocenters. The summed E-state index contributed by atoms with van der Waals surface area (Å²) in [7, 11) is 0. The molecule has 0 aliphatic carbocycles. The molecule has 8 heteroatoms. The average Bonchev–Trinajstić information content (AvgIpc) is 2.84. The van der Waals surface area contributed by atoms with Crippen LogP contribution in [0.5, 0.6) is 5.75 Å². The number of aryl methyl sites for hydroxylation is 1. The van der Waals surface area contributed by atoms with Crippen LogP contribution in [0.1, 0.15) is 23.1 Å². The number of hydrogen-bond acceptors (Lipinski definition) is 8. The first-order valence-electron chi connectivity index (χ1n) is 10.5. The Labute approximate surface area is 185 Å². The van der Waals surface area contributed by atoms with E-state index in [1.807, 2.05) is 6.07 Å². The van der Waals surface area contributed by atoms with Gasteiger partial charge in [0.15, 0.2) is 0 Å². The molecule has 4 aromatic rings. The number of aromatic hydroxyl groups is 1. The summed E-state index contributed by atoms with van der Waals surface area (Å²) in [6.07, 6.45) is 3.53. The molecule has 162 valence electrons. The van der Waals surface area contributed by atoms with Crippen LogP contribution in [0.3, 0.4) is 0 Å². The van der Waals surface area contributed by atoms with Gasteiger partial charge >= 0.3 is 0 Å². The molecular formula is C24H23N5O3. The Hall–Kier alpha value is -3.62. The van der Waals surface area contributed by atoms with Crippen molar-refractivity contribution in [2.24, 2.45) is 0 Å². The molecule has 5 rings (SSSR count). The van der Waals surface area contributed by atoms with Gasteiger partial charge in [0.05, 0.1) is 35.8 Å². The summed E-state index contributed by atoms with van der Waals surface area (Å²) in [6, 6.07) is 11.2. The van der Waals surface area contributed by atoms with Gasteiger partial charge in [-0.15, -0.1) is 0 Å². The van der Waals surface area contributed by atoms with Crippen molar-refractivity contribution >= 4 is 16.6 Å². The molecule has 1 aliphatic rings. The van der Waals surface area contributed by atoms with Crippen molar-refractivity contribution in [3.63, 3.8) is 0 Å². The van der Waals surface area contributed by atoms with Gasteiger partial charge in [0.2, 0.25) is 0 Å². The highest BCUT2D eigenvalue weighted by atomic mass is 16.5. The highest BCUT2D eigenvalue weighted by Gasteiger charge is 2.20. The number of phenols is 1. The zero-order chi connectivity index (χ0) is 22.1. The van der Waals surface area contributed by atoms with E-state index in [1.165, 1.54) is 12.5 Å². The number of aromatic nitrogens is 4. The number of hydrogen-bond donors (Lipinski definition) is 2. The second kappa shape index (κ2) is 8.49. The smallest absolute Gasteiger partial charge is 0.126 e. The average molecular weight is 429 g/mol. The number of rotatable bonds is 4. The standard InChI is InChI=1S/C24H23N5O3/c1-15-22(26-7-6-25-15)24(31)19-12-16(2-5-21(19)30)23-18-4-3-17(13-20(18)27-14-28-23)29-8-10-32-11-9-29/h2-7,12-14,24,30-31H,8-11H2,1H3. The number of benzene rings is 2. The second-order valence-corrected chi connectivity index (χ2v) is 7.73. The fourth-order valence-corrected chi connectivity index (χ4v) is 4.05. The van der Waals surface area contributed by atoms with Crippen molar-refractivity contribution in [1.29, 1.82) is 0 Å². The topological polar surface area (TPSA) is 104 Å². The van der Waals surface area contributed by atoms with Crippen LogP contribution in [0, 0.1) is 6.92 Å². The van der Waals surface area contributed by atoms with Crippen LogP contribution in [0.15, 0.2) is 55.1 Å². The van der Waals surface area contributed by atoms with Gasteiger partial charge in [0, 0.05) is 47.7 Å². The zero-order valence-corrected chi connectivity index (χ0v) is 17.6. The van der Waals surface area contributed by atoms with Crippen LogP contribution in [0.25, 0.3) is 22.2 Å². The van der Waals surface area contributed by atoms with E-state index < -0.39 is 6.10 Å². The molecular weight excluding hydrogens is 406 g/mol. The first-order chi connectivity index (χ1) is 15.6. The molecule has 1 saturated heterocycles. The summed E-state index contributed by atoms with van der Waals surface area (Å²) >= 11 is 0. The van der Waals surface area contributed by atoms with E-state index in [0.29, 0.717) is 17.0 Å². The first kappa shape index (κ1) is 20.3. The van der Waals surface area contributed by atoms with Gasteiger partial charge in [0.1, 0.15) is 18.2 Å². The lowest BCUT2D eigenvalue weighted by Crippen LogP contribution is -2.36. The molecule has 2 aromatic heterocycles. The van der Waals surface area contributed by atoms with Crippen molar-refractivity contribution in [1.82, 2.24) is 19.9 Å². The Bertz CT molecular complexity index is 1270. The Morgan fingerprint density at radius 1 is 0.969 bits per heavy atom. The first-order valence-corrected chi connectivity index (χ1v) is 10.5. The van der Waals surface area contributed by atoms with E-state index in [2.05, 4.69) is 37.0 Å². The number of morpholine rings is 1. The van der Waals surface area contributed by atoms with Crippen molar-refractivity contribution in [3.05, 3.63) is 72.1 Å². The maximum absolute atomic E-state index is 10.9. The summed E-state index contributed by atoms with van der Waals surface area (Å²) < 4.78 is 5.45. The Morgan fingerprint density at radius 3 is 2.59 bits per heavy atom. The largest absolute Gasteiger partial charge is 0.508 e. The van der Waals surface area contributed by atoms with Crippen LogP contribution in [-0.4, -0.2) is 56.5 Å². The van der Waals surface area contributed by atoms with Gasteiger partial charge in [-0.2, -0.15) is 0 Å². The lowest BCUT2D eigenvalue weighted by Gasteiger charge is -2.29. The third-order valence-corrected chi connectivity index (χ3v) is 5.77. The predicted octanol–water partition coefficient (Wildman–Crippen LogP) is 3.02. The van der Waals surface area contributed by atoms with E-state index in [1.54, 1.807) is 31.3 Å². The summed E-state index contributed by atoms with van der Waals surface area (Å²) in [6.45, 7) is 4.92. The quantitative estimate of drug-likeness (QED) is 0.510. The van der Waals surface area contributed by atoms with Crippen LogP contribution >= 0.6 is 0 Å². The SMILES string of the molecule is Cc1nccnc1C(O)c1cc(-c2ncnc3cc(N4CCOCC4)ccc23)ccc1O. The molecule has 8 nitrogen and oxygen atoms in total. The summed E-state index contributed by atoms with van der Waals surface area (Å²) in [5.74, 6) is -0.0146. The monoisotopic (exact) mass is 429 g/mol. The van der Waals surface area contributed by atoms with Gasteiger partial charge in [0.25, 0.3) is 0 Å². The molecule has 1 unspecified atom stereocenters. The fraction of sp³-hybridized carbons (Fsp3) is 0.250. The normalized spacial score (nSPS) is 15.1. The molecule has 1 aliphatic heterocycles. The van der Waals surface area contributed by atoms with Gasteiger partial charge < -0.3 is 19.8 Å². The van der Waals surface area contributed by atoms with Crippen LogP contribution in [0.4, 0.5) is 5.69 Å². The number of ether oxygens (including phenoxy) is 1. The van der Waals surface area contributed by atoms with E-state index >= 15 is 0 Å². The van der Waals surface area contributed by atoms with Crippen LogP contribution in [0.2, 0.25) is 0 Å². The van der Waals surface area contributed by atoms with Crippen molar-refractivity contribution in [2.75, 3.05) is 31.2 Å². The van der Waals surface area contributed by atoms with E-state index in [-0.39, 0.29) is 5.75 Å². The molecule has 0 radical (unpaired) electrons. The predicted molar refractivity (Wildman–Crippen MR) is 121 cm³/mol. The van der Waals surface area contributed by atoms with Gasteiger partial charge in [-0.05, 0) is 43.3 Å². The summed E-state index contributed by atoms with van der Waals surface area (Å²) in [4.78, 5) is 19.7.